The minimum atomic E-state index is -0.0877. The van der Waals surface area contributed by atoms with E-state index in [0.29, 0.717) is 13.2 Å². The Kier molecular flexibility index (Phi) is 11.3. The number of rotatable bonds is 13. The molecule has 0 unspecified atom stereocenters. The van der Waals surface area contributed by atoms with Crippen molar-refractivity contribution >= 4 is 11.6 Å². The van der Waals surface area contributed by atoms with Gasteiger partial charge in [0.1, 0.15) is 13.2 Å². The number of unbranched alkanes of at least 4 members (excludes halogenated alkanes) is 3. The molecule has 0 aliphatic rings. The molecule has 0 bridgehead atoms. The molecule has 0 saturated heterocycles. The standard InChI is InChI=1S/C14H22O4/c1-3-13(15)11-17-9-7-5-6-8-10-18-12-14(16)4-2/h3-4H,1-2,5-12H2. The van der Waals surface area contributed by atoms with Gasteiger partial charge in [0.05, 0.1) is 0 Å². The van der Waals surface area contributed by atoms with Crippen molar-refractivity contribution in [2.45, 2.75) is 25.7 Å². The van der Waals surface area contributed by atoms with Gasteiger partial charge < -0.3 is 9.47 Å². The molecule has 102 valence electrons. The lowest BCUT2D eigenvalue weighted by Crippen LogP contribution is -2.07. The molecular formula is C14H22O4. The summed E-state index contributed by atoms with van der Waals surface area (Å²) in [5.41, 5.74) is 0. The lowest BCUT2D eigenvalue weighted by molar-refractivity contribution is -0.119. The second-order valence-corrected chi connectivity index (χ2v) is 3.86. The summed E-state index contributed by atoms with van der Waals surface area (Å²) >= 11 is 0. The minimum absolute atomic E-state index is 0.0877. The normalized spacial score (nSPS) is 10.0. The van der Waals surface area contributed by atoms with E-state index in [-0.39, 0.29) is 24.8 Å². The summed E-state index contributed by atoms with van der Waals surface area (Å²) < 4.78 is 10.3. The average molecular weight is 254 g/mol. The summed E-state index contributed by atoms with van der Waals surface area (Å²) in [6.07, 6.45) is 6.44. The van der Waals surface area contributed by atoms with E-state index >= 15 is 0 Å². The molecular weight excluding hydrogens is 232 g/mol. The van der Waals surface area contributed by atoms with Gasteiger partial charge in [-0.3, -0.25) is 9.59 Å². The molecule has 0 rings (SSSR count). The summed E-state index contributed by atoms with van der Waals surface area (Å²) in [5, 5.41) is 0. The van der Waals surface area contributed by atoms with E-state index < -0.39 is 0 Å². The van der Waals surface area contributed by atoms with Crippen LogP contribution in [0.25, 0.3) is 0 Å². The van der Waals surface area contributed by atoms with Crippen LogP contribution in [-0.4, -0.2) is 38.0 Å². The van der Waals surface area contributed by atoms with Gasteiger partial charge in [-0.05, 0) is 25.0 Å². The molecule has 0 amide bonds. The molecule has 0 aromatic rings. The van der Waals surface area contributed by atoms with Gasteiger partial charge in [0.25, 0.3) is 0 Å². The van der Waals surface area contributed by atoms with Crippen LogP contribution < -0.4 is 0 Å². The van der Waals surface area contributed by atoms with Gasteiger partial charge >= 0.3 is 0 Å². The average Bonchev–Trinajstić information content (AvgIpc) is 2.40. The summed E-state index contributed by atoms with van der Waals surface area (Å²) in [4.78, 5) is 21.6. The Hall–Kier alpha value is -1.26. The lowest BCUT2D eigenvalue weighted by atomic mass is 10.2. The highest BCUT2D eigenvalue weighted by molar-refractivity contribution is 5.90. The molecule has 0 aliphatic carbocycles. The van der Waals surface area contributed by atoms with Crippen LogP contribution in [0.15, 0.2) is 25.3 Å². The molecule has 0 N–H and O–H groups in total. The fourth-order valence-corrected chi connectivity index (χ4v) is 1.23. The third-order valence-corrected chi connectivity index (χ3v) is 2.27. The third-order valence-electron chi connectivity index (χ3n) is 2.27. The molecule has 0 aliphatic heterocycles. The van der Waals surface area contributed by atoms with Crippen LogP contribution in [0.5, 0.6) is 0 Å². The van der Waals surface area contributed by atoms with Crippen molar-refractivity contribution in [1.29, 1.82) is 0 Å². The van der Waals surface area contributed by atoms with Gasteiger partial charge in [-0.1, -0.05) is 26.0 Å². The van der Waals surface area contributed by atoms with Gasteiger partial charge in [-0.2, -0.15) is 0 Å². The fraction of sp³-hybridized carbons (Fsp3) is 0.571. The van der Waals surface area contributed by atoms with Crippen LogP contribution in [-0.2, 0) is 19.1 Å². The van der Waals surface area contributed by atoms with Crippen molar-refractivity contribution in [3.8, 4) is 0 Å². The van der Waals surface area contributed by atoms with Crippen LogP contribution in [0.3, 0.4) is 0 Å². The third kappa shape index (κ3) is 11.2. The smallest absolute Gasteiger partial charge is 0.180 e. The van der Waals surface area contributed by atoms with Crippen molar-refractivity contribution in [1.82, 2.24) is 0 Å². The Labute approximate surface area is 109 Å². The molecule has 4 heteroatoms. The molecule has 0 aromatic carbocycles. The first-order chi connectivity index (χ1) is 8.70. The predicted molar refractivity (Wildman–Crippen MR) is 70.5 cm³/mol. The first-order valence-corrected chi connectivity index (χ1v) is 6.16. The Morgan fingerprint density at radius 2 is 1.17 bits per heavy atom. The van der Waals surface area contributed by atoms with Crippen molar-refractivity contribution < 1.29 is 19.1 Å². The van der Waals surface area contributed by atoms with Crippen molar-refractivity contribution in [3.63, 3.8) is 0 Å². The summed E-state index contributed by atoms with van der Waals surface area (Å²) in [6, 6.07) is 0. The van der Waals surface area contributed by atoms with Crippen LogP contribution in [0.1, 0.15) is 25.7 Å². The molecule has 0 saturated carbocycles. The van der Waals surface area contributed by atoms with Gasteiger partial charge in [0, 0.05) is 13.2 Å². The number of ketones is 2. The van der Waals surface area contributed by atoms with Crippen LogP contribution in [0.4, 0.5) is 0 Å². The first-order valence-electron chi connectivity index (χ1n) is 6.16. The monoisotopic (exact) mass is 254 g/mol. The zero-order chi connectivity index (χ0) is 13.6. The molecule has 0 aromatic heterocycles. The quantitative estimate of drug-likeness (QED) is 0.373. The SMILES string of the molecule is C=CC(=O)COCCCCCCOCC(=O)C=C. The second-order valence-electron chi connectivity index (χ2n) is 3.86. The second kappa shape index (κ2) is 12.2. The maximum atomic E-state index is 10.8. The lowest BCUT2D eigenvalue weighted by Gasteiger charge is -2.03. The molecule has 0 atom stereocenters. The molecule has 0 heterocycles. The van der Waals surface area contributed by atoms with E-state index in [2.05, 4.69) is 13.2 Å². The van der Waals surface area contributed by atoms with Gasteiger partial charge in [0.2, 0.25) is 0 Å². The molecule has 18 heavy (non-hydrogen) atoms. The van der Waals surface area contributed by atoms with E-state index in [1.54, 1.807) is 0 Å². The largest absolute Gasteiger partial charge is 0.373 e. The van der Waals surface area contributed by atoms with E-state index in [0.717, 1.165) is 25.7 Å². The van der Waals surface area contributed by atoms with Crippen LogP contribution in [0, 0.1) is 0 Å². The zero-order valence-electron chi connectivity index (χ0n) is 10.9. The highest BCUT2D eigenvalue weighted by atomic mass is 16.5. The Balaban J connectivity index is 3.12. The van der Waals surface area contributed by atoms with Gasteiger partial charge in [-0.25, -0.2) is 0 Å². The number of ether oxygens (including phenoxy) is 2. The highest BCUT2D eigenvalue weighted by Gasteiger charge is 1.97. The molecule has 4 nitrogen and oxygen atoms in total. The van der Waals surface area contributed by atoms with Gasteiger partial charge in [0.15, 0.2) is 11.6 Å². The Morgan fingerprint density at radius 1 is 0.778 bits per heavy atom. The van der Waals surface area contributed by atoms with Crippen molar-refractivity contribution in [2.24, 2.45) is 0 Å². The summed E-state index contributed by atoms with van der Waals surface area (Å²) in [7, 11) is 0. The maximum absolute atomic E-state index is 10.8. The molecule has 0 radical (unpaired) electrons. The first kappa shape index (κ1) is 16.7. The van der Waals surface area contributed by atoms with Crippen molar-refractivity contribution in [3.05, 3.63) is 25.3 Å². The topological polar surface area (TPSA) is 52.6 Å². The Bertz CT molecular complexity index is 243. The number of carbonyl (C=O) groups excluding carboxylic acids is 2. The fourth-order valence-electron chi connectivity index (χ4n) is 1.23. The Morgan fingerprint density at radius 3 is 1.50 bits per heavy atom. The zero-order valence-corrected chi connectivity index (χ0v) is 10.9. The van der Waals surface area contributed by atoms with Crippen molar-refractivity contribution in [2.75, 3.05) is 26.4 Å². The van der Waals surface area contributed by atoms with E-state index in [4.69, 9.17) is 9.47 Å². The molecule has 0 fully saturated rings. The number of hydrogen-bond acceptors (Lipinski definition) is 4. The van der Waals surface area contributed by atoms with Crippen LogP contribution >= 0.6 is 0 Å². The maximum Gasteiger partial charge on any atom is 0.180 e. The highest BCUT2D eigenvalue weighted by Crippen LogP contribution is 2.00. The minimum Gasteiger partial charge on any atom is -0.373 e. The number of hydrogen-bond donors (Lipinski definition) is 0. The number of carbonyl (C=O) groups is 2. The van der Waals surface area contributed by atoms with Gasteiger partial charge in [-0.15, -0.1) is 0 Å². The van der Waals surface area contributed by atoms with E-state index in [9.17, 15) is 9.59 Å². The molecule has 0 spiro atoms. The summed E-state index contributed by atoms with van der Waals surface area (Å²) in [5.74, 6) is -0.175. The van der Waals surface area contributed by atoms with E-state index in [1.165, 1.54) is 12.2 Å². The van der Waals surface area contributed by atoms with E-state index in [1.807, 2.05) is 0 Å². The summed E-state index contributed by atoms with van der Waals surface area (Å²) in [6.45, 7) is 8.15. The predicted octanol–water partition coefficient (Wildman–Crippen LogP) is 2.09. The van der Waals surface area contributed by atoms with Crippen LogP contribution in [0.2, 0.25) is 0 Å².